The topological polar surface area (TPSA) is 112 Å². The highest BCUT2D eigenvalue weighted by molar-refractivity contribution is 6.05. The SMILES string of the molecule is COc1cc(C2C(C(=O)Nc3cccnc3)=C(C)Nc3ncnn32)cc(OC)c1OC. The molecule has 0 saturated heterocycles. The van der Waals surface area contributed by atoms with Gasteiger partial charge in [-0.05, 0) is 36.8 Å². The van der Waals surface area contributed by atoms with Gasteiger partial charge in [0.1, 0.15) is 12.4 Å². The zero-order valence-corrected chi connectivity index (χ0v) is 17.5. The van der Waals surface area contributed by atoms with Crippen LogP contribution in [0, 0.1) is 0 Å². The quantitative estimate of drug-likeness (QED) is 0.623. The molecule has 1 aromatic carbocycles. The lowest BCUT2D eigenvalue weighted by Crippen LogP contribution is -2.31. The van der Waals surface area contributed by atoms with Crippen LogP contribution in [0.1, 0.15) is 18.5 Å². The van der Waals surface area contributed by atoms with Gasteiger partial charge in [-0.1, -0.05) is 0 Å². The van der Waals surface area contributed by atoms with Crippen molar-refractivity contribution in [3.8, 4) is 17.2 Å². The first-order valence-electron chi connectivity index (χ1n) is 9.46. The second-order valence-corrected chi connectivity index (χ2v) is 6.75. The van der Waals surface area contributed by atoms with E-state index in [1.54, 1.807) is 55.6 Å². The van der Waals surface area contributed by atoms with Crippen molar-refractivity contribution in [3.05, 3.63) is 59.8 Å². The van der Waals surface area contributed by atoms with Crippen molar-refractivity contribution in [2.75, 3.05) is 32.0 Å². The number of aromatic nitrogens is 4. The molecule has 3 aromatic rings. The Kier molecular flexibility index (Phi) is 5.44. The van der Waals surface area contributed by atoms with Crippen molar-refractivity contribution in [2.45, 2.75) is 13.0 Å². The predicted octanol–water partition coefficient (Wildman–Crippen LogP) is 2.63. The average molecular weight is 422 g/mol. The molecule has 3 heterocycles. The van der Waals surface area contributed by atoms with Crippen molar-refractivity contribution in [1.29, 1.82) is 0 Å². The van der Waals surface area contributed by atoms with E-state index in [-0.39, 0.29) is 5.91 Å². The molecule has 1 aliphatic heterocycles. The van der Waals surface area contributed by atoms with Gasteiger partial charge in [0.05, 0.1) is 38.8 Å². The van der Waals surface area contributed by atoms with Crippen molar-refractivity contribution < 1.29 is 19.0 Å². The third kappa shape index (κ3) is 3.63. The minimum absolute atomic E-state index is 0.294. The zero-order chi connectivity index (χ0) is 22.0. The summed E-state index contributed by atoms with van der Waals surface area (Å²) in [5.41, 5.74) is 2.43. The molecule has 1 aliphatic rings. The second kappa shape index (κ2) is 8.34. The number of benzene rings is 1. The summed E-state index contributed by atoms with van der Waals surface area (Å²) in [6.45, 7) is 1.82. The highest BCUT2D eigenvalue weighted by Crippen LogP contribution is 2.43. The molecule has 160 valence electrons. The maximum atomic E-state index is 13.3. The van der Waals surface area contributed by atoms with E-state index >= 15 is 0 Å². The Hall–Kier alpha value is -4.08. The molecule has 1 amide bonds. The van der Waals surface area contributed by atoms with E-state index in [2.05, 4.69) is 25.7 Å². The molecule has 10 nitrogen and oxygen atoms in total. The summed E-state index contributed by atoms with van der Waals surface area (Å²) in [6.07, 6.45) is 4.66. The Labute approximate surface area is 178 Å². The number of hydrogen-bond donors (Lipinski definition) is 2. The summed E-state index contributed by atoms with van der Waals surface area (Å²) < 4.78 is 18.1. The van der Waals surface area contributed by atoms with Gasteiger partial charge in [-0.25, -0.2) is 4.68 Å². The summed E-state index contributed by atoms with van der Waals surface area (Å²) in [6, 6.07) is 6.54. The maximum absolute atomic E-state index is 13.3. The first-order chi connectivity index (χ1) is 15.1. The molecule has 2 N–H and O–H groups in total. The van der Waals surface area contributed by atoms with Gasteiger partial charge in [0.2, 0.25) is 11.7 Å². The van der Waals surface area contributed by atoms with Crippen LogP contribution in [0.15, 0.2) is 54.3 Å². The first kappa shape index (κ1) is 20.2. The Balaban J connectivity index is 1.84. The van der Waals surface area contributed by atoms with Crippen molar-refractivity contribution in [2.24, 2.45) is 0 Å². The number of nitrogens with one attached hydrogen (secondary N) is 2. The lowest BCUT2D eigenvalue weighted by molar-refractivity contribution is -0.113. The minimum atomic E-state index is -0.580. The van der Waals surface area contributed by atoms with Crippen molar-refractivity contribution in [3.63, 3.8) is 0 Å². The van der Waals surface area contributed by atoms with Crippen LogP contribution in [0.5, 0.6) is 17.2 Å². The van der Waals surface area contributed by atoms with Crippen LogP contribution in [0.2, 0.25) is 0 Å². The second-order valence-electron chi connectivity index (χ2n) is 6.75. The molecular formula is C21H22N6O4. The van der Waals surface area contributed by atoms with Gasteiger partial charge in [0.25, 0.3) is 5.91 Å². The molecule has 0 bridgehead atoms. The fraction of sp³-hybridized carbons (Fsp3) is 0.238. The molecule has 31 heavy (non-hydrogen) atoms. The number of fused-ring (bicyclic) bond motifs is 1. The number of allylic oxidation sites excluding steroid dienone is 1. The predicted molar refractivity (Wildman–Crippen MR) is 113 cm³/mol. The number of carbonyl (C=O) groups is 1. The van der Waals surface area contributed by atoms with Gasteiger partial charge in [-0.15, -0.1) is 0 Å². The molecule has 10 heteroatoms. The van der Waals surface area contributed by atoms with Crippen LogP contribution in [0.4, 0.5) is 11.6 Å². The van der Waals surface area contributed by atoms with Gasteiger partial charge in [0.15, 0.2) is 11.5 Å². The van der Waals surface area contributed by atoms with E-state index in [1.807, 2.05) is 6.92 Å². The van der Waals surface area contributed by atoms with Gasteiger partial charge in [0, 0.05) is 11.9 Å². The standard InChI is InChI=1S/C21H22N6O4/c1-12-17(20(28)26-14-6-5-7-22-10-14)18(27-21(25-12)23-11-24-27)13-8-15(29-2)19(31-4)16(9-13)30-3/h5-11,18H,1-4H3,(H,26,28)(H,23,24,25). The molecule has 1 unspecified atom stereocenters. The number of carbonyl (C=O) groups excluding carboxylic acids is 1. The molecular weight excluding hydrogens is 400 g/mol. The average Bonchev–Trinajstić information content (AvgIpc) is 3.25. The third-order valence-corrected chi connectivity index (χ3v) is 4.96. The number of pyridine rings is 1. The lowest BCUT2D eigenvalue weighted by atomic mass is 9.94. The largest absolute Gasteiger partial charge is 0.493 e. The van der Waals surface area contributed by atoms with E-state index in [1.165, 1.54) is 13.4 Å². The van der Waals surface area contributed by atoms with Crippen LogP contribution < -0.4 is 24.8 Å². The van der Waals surface area contributed by atoms with Crippen LogP contribution in [0.25, 0.3) is 0 Å². The number of nitrogens with zero attached hydrogens (tertiary/aromatic N) is 4. The van der Waals surface area contributed by atoms with Crippen LogP contribution >= 0.6 is 0 Å². The molecule has 4 rings (SSSR count). The number of methoxy groups -OCH3 is 3. The summed E-state index contributed by atoms with van der Waals surface area (Å²) in [7, 11) is 4.62. The van der Waals surface area contributed by atoms with E-state index in [0.29, 0.717) is 40.2 Å². The summed E-state index contributed by atoms with van der Waals surface area (Å²) in [5, 5.41) is 10.4. The number of hydrogen-bond acceptors (Lipinski definition) is 8. The Morgan fingerprint density at radius 1 is 1.16 bits per heavy atom. The Bertz CT molecular complexity index is 1120. The third-order valence-electron chi connectivity index (χ3n) is 4.96. The highest BCUT2D eigenvalue weighted by atomic mass is 16.5. The molecule has 0 fully saturated rings. The van der Waals surface area contributed by atoms with Crippen LogP contribution in [0.3, 0.4) is 0 Å². The summed E-state index contributed by atoms with van der Waals surface area (Å²) in [5.74, 6) is 1.64. The summed E-state index contributed by atoms with van der Waals surface area (Å²) in [4.78, 5) is 21.6. The fourth-order valence-corrected chi connectivity index (χ4v) is 3.59. The fourth-order valence-electron chi connectivity index (χ4n) is 3.59. The molecule has 1 atom stereocenters. The van der Waals surface area contributed by atoms with E-state index in [0.717, 1.165) is 5.56 Å². The number of anilines is 2. The normalized spacial score (nSPS) is 15.0. The van der Waals surface area contributed by atoms with E-state index in [4.69, 9.17) is 14.2 Å². The highest BCUT2D eigenvalue weighted by Gasteiger charge is 2.34. The Morgan fingerprint density at radius 3 is 2.52 bits per heavy atom. The number of rotatable bonds is 6. The molecule has 0 radical (unpaired) electrons. The number of amides is 1. The van der Waals surface area contributed by atoms with Crippen LogP contribution in [-0.2, 0) is 4.79 Å². The van der Waals surface area contributed by atoms with E-state index < -0.39 is 6.04 Å². The monoisotopic (exact) mass is 422 g/mol. The van der Waals surface area contributed by atoms with Crippen molar-refractivity contribution >= 4 is 17.5 Å². The zero-order valence-electron chi connectivity index (χ0n) is 17.5. The van der Waals surface area contributed by atoms with E-state index in [9.17, 15) is 4.79 Å². The first-order valence-corrected chi connectivity index (χ1v) is 9.46. The Morgan fingerprint density at radius 2 is 1.90 bits per heavy atom. The van der Waals surface area contributed by atoms with Gasteiger partial charge in [-0.3, -0.25) is 9.78 Å². The van der Waals surface area contributed by atoms with Crippen molar-refractivity contribution in [1.82, 2.24) is 19.7 Å². The van der Waals surface area contributed by atoms with Crippen LogP contribution in [-0.4, -0.2) is 47.0 Å². The molecule has 0 spiro atoms. The summed E-state index contributed by atoms with van der Waals surface area (Å²) >= 11 is 0. The molecule has 0 aliphatic carbocycles. The molecule has 2 aromatic heterocycles. The van der Waals surface area contributed by atoms with Gasteiger partial charge < -0.3 is 24.8 Å². The van der Waals surface area contributed by atoms with Gasteiger partial charge in [-0.2, -0.15) is 10.1 Å². The minimum Gasteiger partial charge on any atom is -0.493 e. The number of ether oxygens (including phenoxy) is 3. The molecule has 0 saturated carbocycles. The smallest absolute Gasteiger partial charge is 0.255 e. The lowest BCUT2D eigenvalue weighted by Gasteiger charge is -2.29. The maximum Gasteiger partial charge on any atom is 0.255 e. The van der Waals surface area contributed by atoms with Gasteiger partial charge >= 0.3 is 0 Å².